The van der Waals surface area contributed by atoms with Gasteiger partial charge in [0.25, 0.3) is 0 Å². The van der Waals surface area contributed by atoms with Gasteiger partial charge in [-0.25, -0.2) is 0 Å². The lowest BCUT2D eigenvalue weighted by Gasteiger charge is -2.40. The zero-order valence-electron chi connectivity index (χ0n) is 24.0. The van der Waals surface area contributed by atoms with Crippen LogP contribution in [0.15, 0.2) is 121 Å². The molecule has 0 spiro atoms. The number of esters is 1. The summed E-state index contributed by atoms with van der Waals surface area (Å²) in [6.07, 6.45) is 0.596. The number of ether oxygens (including phenoxy) is 2. The van der Waals surface area contributed by atoms with Crippen molar-refractivity contribution in [2.75, 3.05) is 19.8 Å². The summed E-state index contributed by atoms with van der Waals surface area (Å²) >= 11 is 0. The molecule has 4 aromatic carbocycles. The van der Waals surface area contributed by atoms with Crippen LogP contribution in [-0.2, 0) is 26.4 Å². The third-order valence-electron chi connectivity index (χ3n) is 7.41. The van der Waals surface area contributed by atoms with E-state index in [1.165, 1.54) is 0 Å². The minimum Gasteiger partial charge on any atom is -0.464 e. The number of rotatable bonds is 15. The minimum absolute atomic E-state index is 0.0557. The van der Waals surface area contributed by atoms with Gasteiger partial charge in [-0.1, -0.05) is 135 Å². The molecule has 0 aliphatic heterocycles. The molecule has 0 aliphatic carbocycles. The van der Waals surface area contributed by atoms with Crippen LogP contribution in [0.2, 0.25) is 0 Å². The summed E-state index contributed by atoms with van der Waals surface area (Å²) in [7, 11) is 0. The first-order valence-corrected chi connectivity index (χ1v) is 14.4. The van der Waals surface area contributed by atoms with Crippen molar-refractivity contribution in [2.45, 2.75) is 38.5 Å². The van der Waals surface area contributed by atoms with Gasteiger partial charge < -0.3 is 14.6 Å². The molecule has 0 aromatic heterocycles. The Morgan fingerprint density at radius 3 is 1.66 bits per heavy atom. The SMILES string of the molecule is CC(C)[C@H](NC(c1ccccc1)(c1ccccc1)c1ccccc1)C(=O)OCC(CO)CCOCc1ccccc1. The molecule has 0 bridgehead atoms. The number of nitrogens with one attached hydrogen (secondary N) is 1. The Hall–Kier alpha value is -3.77. The van der Waals surface area contributed by atoms with E-state index in [4.69, 9.17) is 9.47 Å². The molecule has 0 aliphatic rings. The van der Waals surface area contributed by atoms with E-state index < -0.39 is 11.6 Å². The number of aliphatic hydroxyl groups excluding tert-OH is 1. The van der Waals surface area contributed by atoms with Crippen molar-refractivity contribution >= 4 is 5.97 Å². The van der Waals surface area contributed by atoms with Crippen LogP contribution < -0.4 is 5.32 Å². The molecule has 0 amide bonds. The van der Waals surface area contributed by atoms with Gasteiger partial charge in [0.15, 0.2) is 0 Å². The molecule has 4 aromatic rings. The lowest BCUT2D eigenvalue weighted by atomic mass is 9.76. The summed E-state index contributed by atoms with van der Waals surface area (Å²) < 4.78 is 11.7. The first-order chi connectivity index (χ1) is 20.0. The summed E-state index contributed by atoms with van der Waals surface area (Å²) in [5.41, 5.74) is 3.39. The zero-order valence-corrected chi connectivity index (χ0v) is 24.0. The highest BCUT2D eigenvalue weighted by molar-refractivity contribution is 5.76. The summed E-state index contributed by atoms with van der Waals surface area (Å²) in [5.74, 6) is -0.597. The van der Waals surface area contributed by atoms with Gasteiger partial charge in [0.1, 0.15) is 6.04 Å². The van der Waals surface area contributed by atoms with Gasteiger partial charge in [-0.05, 0) is 34.6 Å². The lowest BCUT2D eigenvalue weighted by Crippen LogP contribution is -2.55. The fourth-order valence-electron chi connectivity index (χ4n) is 5.08. The molecule has 4 rings (SSSR count). The second kappa shape index (κ2) is 15.3. The Balaban J connectivity index is 1.52. The van der Waals surface area contributed by atoms with Gasteiger partial charge >= 0.3 is 5.97 Å². The fraction of sp³-hybridized carbons (Fsp3) is 0.306. The number of carbonyl (C=O) groups excluding carboxylic acids is 1. The van der Waals surface area contributed by atoms with E-state index in [1.54, 1.807) is 0 Å². The average Bonchev–Trinajstić information content (AvgIpc) is 3.03. The van der Waals surface area contributed by atoms with Crippen LogP contribution in [0.5, 0.6) is 0 Å². The summed E-state index contributed by atoms with van der Waals surface area (Å²) in [6, 6.07) is 40.0. The van der Waals surface area contributed by atoms with Crippen LogP contribution in [-0.4, -0.2) is 36.9 Å². The number of aliphatic hydroxyl groups is 1. The molecule has 0 saturated carbocycles. The highest BCUT2D eigenvalue weighted by Gasteiger charge is 2.41. The van der Waals surface area contributed by atoms with Crippen molar-refractivity contribution in [3.8, 4) is 0 Å². The van der Waals surface area contributed by atoms with Crippen molar-refractivity contribution in [2.24, 2.45) is 11.8 Å². The summed E-state index contributed by atoms with van der Waals surface area (Å²) in [6.45, 7) is 5.08. The van der Waals surface area contributed by atoms with Crippen molar-refractivity contribution in [3.63, 3.8) is 0 Å². The second-order valence-corrected chi connectivity index (χ2v) is 10.7. The molecule has 41 heavy (non-hydrogen) atoms. The van der Waals surface area contributed by atoms with Crippen LogP contribution in [0.1, 0.15) is 42.5 Å². The van der Waals surface area contributed by atoms with Crippen LogP contribution in [0.3, 0.4) is 0 Å². The topological polar surface area (TPSA) is 67.8 Å². The number of hydrogen-bond donors (Lipinski definition) is 2. The summed E-state index contributed by atoms with van der Waals surface area (Å²) in [4.78, 5) is 13.7. The minimum atomic E-state index is -0.792. The molecular formula is C36H41NO4. The maximum Gasteiger partial charge on any atom is 0.323 e. The van der Waals surface area contributed by atoms with Crippen molar-refractivity contribution < 1.29 is 19.4 Å². The number of benzene rings is 4. The predicted molar refractivity (Wildman–Crippen MR) is 163 cm³/mol. The van der Waals surface area contributed by atoms with Crippen molar-refractivity contribution in [3.05, 3.63) is 144 Å². The van der Waals surface area contributed by atoms with Crippen LogP contribution in [0.4, 0.5) is 0 Å². The maximum absolute atomic E-state index is 13.7. The quantitative estimate of drug-likeness (QED) is 0.102. The van der Waals surface area contributed by atoms with Crippen LogP contribution in [0.25, 0.3) is 0 Å². The number of hydrogen-bond acceptors (Lipinski definition) is 5. The molecule has 2 atom stereocenters. The number of carbonyl (C=O) groups is 1. The molecule has 0 radical (unpaired) electrons. The van der Waals surface area contributed by atoms with Crippen LogP contribution >= 0.6 is 0 Å². The largest absolute Gasteiger partial charge is 0.464 e. The zero-order chi connectivity index (χ0) is 28.9. The van der Waals surface area contributed by atoms with E-state index in [1.807, 2.05) is 98.8 Å². The Bertz CT molecular complexity index is 1200. The van der Waals surface area contributed by atoms with Crippen molar-refractivity contribution in [1.29, 1.82) is 0 Å². The Labute approximate surface area is 244 Å². The molecule has 214 valence electrons. The van der Waals surface area contributed by atoms with E-state index in [9.17, 15) is 9.90 Å². The van der Waals surface area contributed by atoms with Gasteiger partial charge in [-0.15, -0.1) is 0 Å². The van der Waals surface area contributed by atoms with Crippen LogP contribution in [0, 0.1) is 11.8 Å². The second-order valence-electron chi connectivity index (χ2n) is 10.7. The lowest BCUT2D eigenvalue weighted by molar-refractivity contribution is -0.150. The Morgan fingerprint density at radius 1 is 0.756 bits per heavy atom. The van der Waals surface area contributed by atoms with E-state index in [-0.39, 0.29) is 31.0 Å². The van der Waals surface area contributed by atoms with E-state index in [0.717, 1.165) is 22.3 Å². The predicted octanol–water partition coefficient (Wildman–Crippen LogP) is 6.35. The van der Waals surface area contributed by atoms with E-state index in [0.29, 0.717) is 19.6 Å². The van der Waals surface area contributed by atoms with E-state index in [2.05, 4.69) is 41.7 Å². The molecular weight excluding hydrogens is 510 g/mol. The molecule has 5 nitrogen and oxygen atoms in total. The highest BCUT2D eigenvalue weighted by atomic mass is 16.5. The fourth-order valence-corrected chi connectivity index (χ4v) is 5.08. The highest BCUT2D eigenvalue weighted by Crippen LogP contribution is 2.38. The third kappa shape index (κ3) is 7.92. The monoisotopic (exact) mass is 551 g/mol. The first-order valence-electron chi connectivity index (χ1n) is 14.4. The van der Waals surface area contributed by atoms with Gasteiger partial charge in [0, 0.05) is 19.1 Å². The smallest absolute Gasteiger partial charge is 0.323 e. The molecule has 5 heteroatoms. The van der Waals surface area contributed by atoms with Crippen molar-refractivity contribution in [1.82, 2.24) is 5.32 Å². The van der Waals surface area contributed by atoms with Gasteiger partial charge in [-0.2, -0.15) is 0 Å². The standard InChI is InChI=1S/C36H41NO4/c1-28(2)34(35(39)41-27-30(25-38)23-24-40-26-29-15-7-3-8-16-29)37-36(31-17-9-4-10-18-31,32-19-11-5-12-20-32)33-21-13-6-14-22-33/h3-22,28,30,34,37-38H,23-27H2,1-2H3/t30?,34-/m0/s1. The molecule has 2 N–H and O–H groups in total. The average molecular weight is 552 g/mol. The summed E-state index contributed by atoms with van der Waals surface area (Å²) in [5, 5.41) is 13.7. The Morgan fingerprint density at radius 2 is 1.22 bits per heavy atom. The van der Waals surface area contributed by atoms with E-state index >= 15 is 0 Å². The first kappa shape index (κ1) is 30.2. The normalized spacial score (nSPS) is 13.1. The third-order valence-corrected chi connectivity index (χ3v) is 7.41. The van der Waals surface area contributed by atoms with Gasteiger partial charge in [0.05, 0.1) is 18.8 Å². The molecule has 0 heterocycles. The molecule has 1 unspecified atom stereocenters. The molecule has 0 saturated heterocycles. The van der Waals surface area contributed by atoms with Gasteiger partial charge in [-0.3, -0.25) is 10.1 Å². The molecule has 0 fully saturated rings. The Kier molecular flexibility index (Phi) is 11.3. The maximum atomic E-state index is 13.7. The van der Waals surface area contributed by atoms with Gasteiger partial charge in [0.2, 0.25) is 0 Å².